The number of anilines is 2. The van der Waals surface area contributed by atoms with E-state index in [1.807, 2.05) is 37.3 Å². The summed E-state index contributed by atoms with van der Waals surface area (Å²) in [5.41, 5.74) is 8.19. The number of carbonyl (C=O) groups is 2. The zero-order valence-corrected chi connectivity index (χ0v) is 14.9. The van der Waals surface area contributed by atoms with Gasteiger partial charge < -0.3 is 16.0 Å². The summed E-state index contributed by atoms with van der Waals surface area (Å²) in [5, 5.41) is 2.66. The van der Waals surface area contributed by atoms with Crippen LogP contribution in [0.25, 0.3) is 0 Å². The van der Waals surface area contributed by atoms with E-state index in [1.54, 1.807) is 11.0 Å². The fourth-order valence-corrected chi connectivity index (χ4v) is 3.38. The highest BCUT2D eigenvalue weighted by molar-refractivity contribution is 6.39. The normalized spacial score (nSPS) is 17.0. The molecule has 0 spiro atoms. The number of nitrogens with zero attached hydrogens (tertiary/aromatic N) is 2. The second-order valence-corrected chi connectivity index (χ2v) is 6.50. The van der Waals surface area contributed by atoms with E-state index < -0.39 is 11.8 Å². The number of amides is 2. The molecule has 3 rings (SSSR count). The molecule has 1 fully saturated rings. The Labute approximate surface area is 153 Å². The van der Waals surface area contributed by atoms with Crippen LogP contribution in [-0.2, 0) is 16.0 Å². The lowest BCUT2D eigenvalue weighted by atomic mass is 9.95. The molecule has 0 saturated carbocycles. The van der Waals surface area contributed by atoms with Crippen molar-refractivity contribution >= 4 is 23.3 Å². The Morgan fingerprint density at radius 3 is 2.77 bits per heavy atom. The third-order valence-corrected chi connectivity index (χ3v) is 4.78. The monoisotopic (exact) mass is 352 g/mol. The van der Waals surface area contributed by atoms with Crippen LogP contribution in [0.4, 0.5) is 11.5 Å². The molecule has 6 heteroatoms. The van der Waals surface area contributed by atoms with E-state index in [2.05, 4.69) is 10.3 Å². The van der Waals surface area contributed by atoms with E-state index in [0.29, 0.717) is 24.5 Å². The van der Waals surface area contributed by atoms with Crippen LogP contribution in [0.2, 0.25) is 0 Å². The van der Waals surface area contributed by atoms with Crippen LogP contribution < -0.4 is 11.1 Å². The second kappa shape index (κ2) is 7.99. The first-order valence-corrected chi connectivity index (χ1v) is 9.01. The van der Waals surface area contributed by atoms with Crippen molar-refractivity contribution in [1.29, 1.82) is 0 Å². The number of likely N-dealkylation sites (tertiary alicyclic amines) is 1. The van der Waals surface area contributed by atoms with Crippen LogP contribution in [0.1, 0.15) is 43.4 Å². The number of hydrogen-bond donors (Lipinski definition) is 2. The number of hydrogen-bond acceptors (Lipinski definition) is 4. The second-order valence-electron chi connectivity index (χ2n) is 6.50. The fraction of sp³-hybridized carbons (Fsp3) is 0.350. The summed E-state index contributed by atoms with van der Waals surface area (Å²) in [5.74, 6) is -0.702. The molecule has 0 bridgehead atoms. The van der Waals surface area contributed by atoms with Crippen molar-refractivity contribution in [2.75, 3.05) is 17.6 Å². The summed E-state index contributed by atoms with van der Waals surface area (Å²) in [6, 6.07) is 11.6. The molecule has 2 heterocycles. The van der Waals surface area contributed by atoms with Gasteiger partial charge in [-0.25, -0.2) is 4.98 Å². The summed E-state index contributed by atoms with van der Waals surface area (Å²) in [6.45, 7) is 2.55. The number of nitrogens with two attached hydrogens (primary N) is 1. The third-order valence-electron chi connectivity index (χ3n) is 4.78. The molecule has 1 saturated heterocycles. The molecule has 1 aromatic carbocycles. The summed E-state index contributed by atoms with van der Waals surface area (Å²) >= 11 is 0. The molecule has 1 aliphatic heterocycles. The summed E-state index contributed by atoms with van der Waals surface area (Å²) < 4.78 is 0. The molecule has 136 valence electrons. The lowest BCUT2D eigenvalue weighted by Gasteiger charge is -2.35. The van der Waals surface area contributed by atoms with Gasteiger partial charge >= 0.3 is 11.8 Å². The molecule has 2 aromatic rings. The van der Waals surface area contributed by atoms with Crippen molar-refractivity contribution in [2.45, 2.75) is 38.6 Å². The fourth-order valence-electron chi connectivity index (χ4n) is 3.38. The molecule has 2 amide bonds. The molecule has 3 N–H and O–H groups in total. The van der Waals surface area contributed by atoms with Gasteiger partial charge in [-0.2, -0.15) is 0 Å². The molecule has 26 heavy (non-hydrogen) atoms. The standard InChI is InChI=1S/C20H24N4O2/c1-2-14-12-16(13-22-18(14)21)23-19(25)20(26)24-11-7-6-10-17(24)15-8-4-3-5-9-15/h3-5,8-9,12-13,17H,2,6-7,10-11H2,1H3,(H2,21,22)(H,23,25)/t17-/m0/s1. The van der Waals surface area contributed by atoms with Gasteiger partial charge in [0.2, 0.25) is 0 Å². The van der Waals surface area contributed by atoms with Crippen molar-refractivity contribution in [3.63, 3.8) is 0 Å². The van der Waals surface area contributed by atoms with Gasteiger partial charge in [0.05, 0.1) is 17.9 Å². The summed E-state index contributed by atoms with van der Waals surface area (Å²) in [7, 11) is 0. The minimum atomic E-state index is -0.638. The van der Waals surface area contributed by atoms with E-state index in [4.69, 9.17) is 5.73 Å². The van der Waals surface area contributed by atoms with Gasteiger partial charge in [-0.15, -0.1) is 0 Å². The lowest BCUT2D eigenvalue weighted by molar-refractivity contribution is -0.145. The maximum Gasteiger partial charge on any atom is 0.313 e. The zero-order valence-electron chi connectivity index (χ0n) is 14.9. The average molecular weight is 352 g/mol. The Morgan fingerprint density at radius 1 is 1.27 bits per heavy atom. The number of nitrogens with one attached hydrogen (secondary N) is 1. The van der Waals surface area contributed by atoms with Gasteiger partial charge in [0, 0.05) is 6.54 Å². The van der Waals surface area contributed by atoms with Gasteiger partial charge in [0.15, 0.2) is 0 Å². The lowest BCUT2D eigenvalue weighted by Crippen LogP contribution is -2.44. The van der Waals surface area contributed by atoms with Gasteiger partial charge in [0.1, 0.15) is 5.82 Å². The third kappa shape index (κ3) is 3.85. The van der Waals surface area contributed by atoms with Crippen molar-refractivity contribution in [2.24, 2.45) is 0 Å². The van der Waals surface area contributed by atoms with Crippen LogP contribution >= 0.6 is 0 Å². The van der Waals surface area contributed by atoms with Crippen LogP contribution in [0, 0.1) is 0 Å². The van der Waals surface area contributed by atoms with Crippen LogP contribution in [-0.4, -0.2) is 28.2 Å². The number of piperidine rings is 1. The number of pyridine rings is 1. The molecule has 1 aliphatic rings. The van der Waals surface area contributed by atoms with Crippen LogP contribution in [0.5, 0.6) is 0 Å². The first-order valence-electron chi connectivity index (χ1n) is 9.01. The first kappa shape index (κ1) is 17.9. The van der Waals surface area contributed by atoms with Gasteiger partial charge in [0.25, 0.3) is 0 Å². The minimum absolute atomic E-state index is 0.0565. The van der Waals surface area contributed by atoms with E-state index in [-0.39, 0.29) is 6.04 Å². The molecule has 1 aromatic heterocycles. The average Bonchev–Trinajstić information content (AvgIpc) is 2.69. The van der Waals surface area contributed by atoms with Crippen molar-refractivity contribution in [1.82, 2.24) is 9.88 Å². The molecule has 0 radical (unpaired) electrons. The molecule has 1 atom stereocenters. The molecular weight excluding hydrogens is 328 g/mol. The van der Waals surface area contributed by atoms with Crippen molar-refractivity contribution in [3.8, 4) is 0 Å². The quantitative estimate of drug-likeness (QED) is 0.831. The summed E-state index contributed by atoms with van der Waals surface area (Å²) in [4.78, 5) is 31.0. The molecular formula is C20H24N4O2. The highest BCUT2D eigenvalue weighted by Crippen LogP contribution is 2.31. The van der Waals surface area contributed by atoms with Gasteiger partial charge in [-0.1, -0.05) is 37.3 Å². The van der Waals surface area contributed by atoms with Crippen molar-refractivity contribution in [3.05, 3.63) is 53.7 Å². The summed E-state index contributed by atoms with van der Waals surface area (Å²) in [6.07, 6.45) is 5.01. The van der Waals surface area contributed by atoms with Gasteiger partial charge in [-0.05, 0) is 42.9 Å². The number of nitrogen functional groups attached to an aromatic ring is 1. The highest BCUT2D eigenvalue weighted by Gasteiger charge is 2.31. The maximum absolute atomic E-state index is 12.8. The molecule has 0 aliphatic carbocycles. The Morgan fingerprint density at radius 2 is 2.04 bits per heavy atom. The largest absolute Gasteiger partial charge is 0.383 e. The maximum atomic E-state index is 12.8. The van der Waals surface area contributed by atoms with Crippen molar-refractivity contribution < 1.29 is 9.59 Å². The highest BCUT2D eigenvalue weighted by atomic mass is 16.2. The Hall–Kier alpha value is -2.89. The SMILES string of the molecule is CCc1cc(NC(=O)C(=O)N2CCCC[C@H]2c2ccccc2)cnc1N. The number of aryl methyl sites for hydroxylation is 1. The van der Waals surface area contributed by atoms with E-state index in [9.17, 15) is 9.59 Å². The van der Waals surface area contributed by atoms with Gasteiger partial charge in [-0.3, -0.25) is 9.59 Å². The Balaban J connectivity index is 1.75. The number of carbonyl (C=O) groups excluding carboxylic acids is 2. The van der Waals surface area contributed by atoms with E-state index in [0.717, 1.165) is 30.4 Å². The Bertz CT molecular complexity index is 792. The van der Waals surface area contributed by atoms with Crippen LogP contribution in [0.15, 0.2) is 42.6 Å². The minimum Gasteiger partial charge on any atom is -0.383 e. The molecule has 0 unspecified atom stereocenters. The smallest absolute Gasteiger partial charge is 0.313 e. The predicted octanol–water partition coefficient (Wildman–Crippen LogP) is 2.92. The first-order chi connectivity index (χ1) is 12.6. The number of rotatable bonds is 3. The van der Waals surface area contributed by atoms with Crippen LogP contribution in [0.3, 0.4) is 0 Å². The number of benzene rings is 1. The zero-order chi connectivity index (χ0) is 18.5. The van der Waals surface area contributed by atoms with E-state index >= 15 is 0 Å². The van der Waals surface area contributed by atoms with E-state index in [1.165, 1.54) is 6.20 Å². The Kier molecular flexibility index (Phi) is 5.51. The topological polar surface area (TPSA) is 88.3 Å². The molecule has 6 nitrogen and oxygen atoms in total. The number of aromatic nitrogens is 1. The predicted molar refractivity (Wildman–Crippen MR) is 101 cm³/mol.